The molecular weight excluding hydrogens is 244 g/mol. The molecule has 19 heavy (non-hydrogen) atoms. The molecule has 1 aromatic rings. The Balaban J connectivity index is 2.13. The summed E-state index contributed by atoms with van der Waals surface area (Å²) in [5.41, 5.74) is 0.154. The van der Waals surface area contributed by atoms with Crippen molar-refractivity contribution in [1.82, 2.24) is 9.80 Å². The molecule has 0 atom stereocenters. The van der Waals surface area contributed by atoms with Crippen LogP contribution in [0, 0.1) is 0 Å². The number of rotatable bonds is 2. The third kappa shape index (κ3) is 2.81. The standard InChI is InChI=1S/C14H20N2O3/c1-15-8-6-10(7-9-15)16(2)14(19)11-4-3-5-12(17)13(11)18/h3-5,10,17-18H,6-9H2,1-2H3. The Labute approximate surface area is 113 Å². The zero-order chi connectivity index (χ0) is 14.0. The number of piperidine rings is 1. The topological polar surface area (TPSA) is 64.0 Å². The molecule has 1 fully saturated rings. The van der Waals surface area contributed by atoms with Crippen LogP contribution in [0.25, 0.3) is 0 Å². The van der Waals surface area contributed by atoms with Crippen LogP contribution in [-0.4, -0.2) is 59.1 Å². The van der Waals surface area contributed by atoms with Gasteiger partial charge >= 0.3 is 0 Å². The van der Waals surface area contributed by atoms with Gasteiger partial charge in [-0.15, -0.1) is 0 Å². The first-order chi connectivity index (χ1) is 9.00. The lowest BCUT2D eigenvalue weighted by Crippen LogP contribution is -2.44. The zero-order valence-electron chi connectivity index (χ0n) is 11.3. The van der Waals surface area contributed by atoms with Crippen LogP contribution in [-0.2, 0) is 0 Å². The van der Waals surface area contributed by atoms with Gasteiger partial charge in [0.25, 0.3) is 5.91 Å². The molecule has 1 amide bonds. The van der Waals surface area contributed by atoms with Gasteiger partial charge in [-0.2, -0.15) is 0 Å². The molecule has 0 bridgehead atoms. The number of likely N-dealkylation sites (tertiary alicyclic amines) is 1. The molecule has 0 unspecified atom stereocenters. The number of phenolic OH excluding ortho intramolecular Hbond substituents is 2. The molecule has 2 rings (SSSR count). The minimum absolute atomic E-state index is 0.154. The van der Waals surface area contributed by atoms with Crippen LogP contribution < -0.4 is 0 Å². The van der Waals surface area contributed by atoms with E-state index in [0.717, 1.165) is 25.9 Å². The summed E-state index contributed by atoms with van der Waals surface area (Å²) in [6.45, 7) is 1.93. The minimum Gasteiger partial charge on any atom is -0.504 e. The van der Waals surface area contributed by atoms with Crippen LogP contribution in [0.2, 0.25) is 0 Å². The fraction of sp³-hybridized carbons (Fsp3) is 0.500. The van der Waals surface area contributed by atoms with Crippen molar-refractivity contribution in [2.45, 2.75) is 18.9 Å². The van der Waals surface area contributed by atoms with E-state index in [2.05, 4.69) is 11.9 Å². The van der Waals surface area contributed by atoms with Gasteiger partial charge in [0.15, 0.2) is 11.5 Å². The SMILES string of the molecule is CN1CCC(N(C)C(=O)c2cccc(O)c2O)CC1. The Kier molecular flexibility index (Phi) is 3.95. The first-order valence-electron chi connectivity index (χ1n) is 6.47. The van der Waals surface area contributed by atoms with E-state index in [1.165, 1.54) is 12.1 Å². The maximum absolute atomic E-state index is 12.3. The molecule has 1 saturated heterocycles. The number of hydrogen-bond acceptors (Lipinski definition) is 4. The Hall–Kier alpha value is -1.75. The quantitative estimate of drug-likeness (QED) is 0.789. The largest absolute Gasteiger partial charge is 0.504 e. The Morgan fingerprint density at radius 1 is 1.32 bits per heavy atom. The lowest BCUT2D eigenvalue weighted by atomic mass is 10.0. The van der Waals surface area contributed by atoms with Gasteiger partial charge in [0.1, 0.15) is 0 Å². The maximum atomic E-state index is 12.3. The van der Waals surface area contributed by atoms with Gasteiger partial charge in [-0.3, -0.25) is 4.79 Å². The molecule has 1 aliphatic heterocycles. The Morgan fingerprint density at radius 3 is 2.58 bits per heavy atom. The highest BCUT2D eigenvalue weighted by Gasteiger charge is 2.26. The molecular formula is C14H20N2O3. The maximum Gasteiger partial charge on any atom is 0.257 e. The van der Waals surface area contributed by atoms with Crippen LogP contribution in [0.1, 0.15) is 23.2 Å². The van der Waals surface area contributed by atoms with E-state index in [1.54, 1.807) is 18.0 Å². The third-order valence-electron chi connectivity index (χ3n) is 3.80. The normalized spacial score (nSPS) is 17.4. The molecule has 1 aromatic carbocycles. The van der Waals surface area contributed by atoms with Gasteiger partial charge in [-0.05, 0) is 45.1 Å². The summed E-state index contributed by atoms with van der Waals surface area (Å²) in [6.07, 6.45) is 1.86. The van der Waals surface area contributed by atoms with Crippen LogP contribution in [0.5, 0.6) is 11.5 Å². The molecule has 0 aliphatic carbocycles. The molecule has 5 heteroatoms. The summed E-state index contributed by atoms with van der Waals surface area (Å²) in [7, 11) is 3.82. The highest BCUT2D eigenvalue weighted by Crippen LogP contribution is 2.29. The lowest BCUT2D eigenvalue weighted by molar-refractivity contribution is 0.0656. The Bertz CT molecular complexity index is 468. The van der Waals surface area contributed by atoms with E-state index in [1.807, 2.05) is 0 Å². The molecule has 1 heterocycles. The van der Waals surface area contributed by atoms with Gasteiger partial charge in [0, 0.05) is 13.1 Å². The third-order valence-corrected chi connectivity index (χ3v) is 3.80. The second kappa shape index (κ2) is 5.48. The van der Waals surface area contributed by atoms with Crippen LogP contribution in [0.3, 0.4) is 0 Å². The number of aromatic hydroxyl groups is 2. The van der Waals surface area contributed by atoms with E-state index >= 15 is 0 Å². The molecule has 5 nitrogen and oxygen atoms in total. The predicted octanol–water partition coefficient (Wildman–Crippen LogP) is 1.26. The summed E-state index contributed by atoms with van der Waals surface area (Å²) >= 11 is 0. The summed E-state index contributed by atoms with van der Waals surface area (Å²) in [6, 6.07) is 4.64. The first-order valence-corrected chi connectivity index (χ1v) is 6.47. The first kappa shape index (κ1) is 13.7. The molecule has 0 spiro atoms. The number of carbonyl (C=O) groups is 1. The molecule has 0 saturated carbocycles. The highest BCUT2D eigenvalue weighted by atomic mass is 16.3. The number of benzene rings is 1. The van der Waals surface area contributed by atoms with Crippen LogP contribution in [0.15, 0.2) is 18.2 Å². The summed E-state index contributed by atoms with van der Waals surface area (Å²) in [5.74, 6) is -0.849. The second-order valence-electron chi connectivity index (χ2n) is 5.12. The van der Waals surface area contributed by atoms with E-state index in [4.69, 9.17) is 0 Å². The fourth-order valence-electron chi connectivity index (χ4n) is 2.44. The van der Waals surface area contributed by atoms with Crippen molar-refractivity contribution >= 4 is 5.91 Å². The van der Waals surface area contributed by atoms with E-state index in [9.17, 15) is 15.0 Å². The molecule has 0 radical (unpaired) electrons. The number of para-hydroxylation sites is 1. The predicted molar refractivity (Wildman–Crippen MR) is 72.4 cm³/mol. The van der Waals surface area contributed by atoms with E-state index in [0.29, 0.717) is 0 Å². The molecule has 2 N–H and O–H groups in total. The van der Waals surface area contributed by atoms with Gasteiger partial charge in [-0.25, -0.2) is 0 Å². The van der Waals surface area contributed by atoms with Gasteiger partial charge in [0.05, 0.1) is 5.56 Å². The monoisotopic (exact) mass is 264 g/mol. The zero-order valence-corrected chi connectivity index (χ0v) is 11.3. The van der Waals surface area contributed by atoms with Crippen molar-refractivity contribution < 1.29 is 15.0 Å². The number of hydrogen-bond donors (Lipinski definition) is 2. The van der Waals surface area contributed by atoms with Crippen LogP contribution >= 0.6 is 0 Å². The molecule has 104 valence electrons. The minimum atomic E-state index is -0.340. The van der Waals surface area contributed by atoms with Crippen molar-refractivity contribution in [2.24, 2.45) is 0 Å². The van der Waals surface area contributed by atoms with Crippen molar-refractivity contribution in [2.75, 3.05) is 27.2 Å². The molecule has 0 aromatic heterocycles. The number of phenols is 2. The number of carbonyl (C=O) groups excluding carboxylic acids is 1. The van der Waals surface area contributed by atoms with Crippen molar-refractivity contribution in [3.8, 4) is 11.5 Å². The van der Waals surface area contributed by atoms with Gasteiger partial charge in [-0.1, -0.05) is 6.07 Å². The van der Waals surface area contributed by atoms with E-state index in [-0.39, 0.29) is 29.0 Å². The van der Waals surface area contributed by atoms with Crippen LogP contribution in [0.4, 0.5) is 0 Å². The second-order valence-corrected chi connectivity index (χ2v) is 5.12. The average molecular weight is 264 g/mol. The summed E-state index contributed by atoms with van der Waals surface area (Å²) < 4.78 is 0. The van der Waals surface area contributed by atoms with Gasteiger partial charge in [0.2, 0.25) is 0 Å². The summed E-state index contributed by atoms with van der Waals surface area (Å²) in [5, 5.41) is 19.2. The fourth-order valence-corrected chi connectivity index (χ4v) is 2.44. The van der Waals surface area contributed by atoms with Crippen molar-refractivity contribution in [3.05, 3.63) is 23.8 Å². The van der Waals surface area contributed by atoms with Crippen molar-refractivity contribution in [1.29, 1.82) is 0 Å². The Morgan fingerprint density at radius 2 is 1.95 bits per heavy atom. The molecule has 1 aliphatic rings. The lowest BCUT2D eigenvalue weighted by Gasteiger charge is -2.35. The number of nitrogens with zero attached hydrogens (tertiary/aromatic N) is 2. The average Bonchev–Trinajstić information content (AvgIpc) is 2.41. The number of amides is 1. The van der Waals surface area contributed by atoms with E-state index < -0.39 is 0 Å². The van der Waals surface area contributed by atoms with Crippen molar-refractivity contribution in [3.63, 3.8) is 0 Å². The highest BCUT2D eigenvalue weighted by molar-refractivity contribution is 5.97. The smallest absolute Gasteiger partial charge is 0.257 e. The van der Waals surface area contributed by atoms with Gasteiger partial charge < -0.3 is 20.0 Å². The summed E-state index contributed by atoms with van der Waals surface area (Å²) in [4.78, 5) is 16.2.